The highest BCUT2D eigenvalue weighted by Crippen LogP contribution is 2.24. The lowest BCUT2D eigenvalue weighted by atomic mass is 10.0. The highest BCUT2D eigenvalue weighted by Gasteiger charge is 2.24. The molecule has 1 aliphatic carbocycles. The summed E-state index contributed by atoms with van der Waals surface area (Å²) < 4.78 is 3.03. The molecule has 5 aromatic rings. The van der Waals surface area contributed by atoms with E-state index in [2.05, 4.69) is 27.2 Å². The van der Waals surface area contributed by atoms with E-state index in [-0.39, 0.29) is 22.7 Å². The van der Waals surface area contributed by atoms with E-state index in [1.807, 2.05) is 48.5 Å². The molecule has 6 rings (SSSR count). The normalized spacial score (nSPS) is 13.5. The van der Waals surface area contributed by atoms with Gasteiger partial charge in [-0.2, -0.15) is 0 Å². The molecule has 9 heteroatoms. The van der Waals surface area contributed by atoms with E-state index in [1.165, 1.54) is 10.6 Å². The molecule has 0 saturated carbocycles. The van der Waals surface area contributed by atoms with Crippen LogP contribution in [0.1, 0.15) is 41.0 Å². The van der Waals surface area contributed by atoms with Crippen LogP contribution in [0.25, 0.3) is 22.1 Å². The summed E-state index contributed by atoms with van der Waals surface area (Å²) in [6.07, 6.45) is 8.67. The molecule has 0 spiro atoms. The fraction of sp³-hybridized carbons (Fsp3) is 0.0938. The molecule has 1 atom stereocenters. The van der Waals surface area contributed by atoms with Crippen LogP contribution in [0, 0.1) is 11.8 Å². The Hall–Kier alpha value is -5.75. The highest BCUT2D eigenvalue weighted by atomic mass is 16.2. The van der Waals surface area contributed by atoms with E-state index >= 15 is 0 Å². The maximum Gasteiger partial charge on any atom is 0.264 e. The molecule has 200 valence electrons. The van der Waals surface area contributed by atoms with Gasteiger partial charge in [-0.15, -0.1) is 5.10 Å². The Morgan fingerprint density at radius 3 is 2.71 bits per heavy atom. The number of rotatable bonds is 4. The zero-order valence-corrected chi connectivity index (χ0v) is 22.0. The Kier molecular flexibility index (Phi) is 6.49. The number of carbonyl (C=O) groups excluding carboxylic acids is 2. The number of nitrogen functional groups attached to an aromatic ring is 1. The van der Waals surface area contributed by atoms with E-state index < -0.39 is 11.9 Å². The Balaban J connectivity index is 1.47. The van der Waals surface area contributed by atoms with Crippen molar-refractivity contribution >= 4 is 33.9 Å². The van der Waals surface area contributed by atoms with Gasteiger partial charge in [0.05, 0.1) is 11.4 Å². The largest absolute Gasteiger partial charge is 0.381 e. The minimum Gasteiger partial charge on any atom is -0.381 e. The third kappa shape index (κ3) is 4.79. The molecule has 0 fully saturated rings. The van der Waals surface area contributed by atoms with Crippen LogP contribution < -0.4 is 16.6 Å². The maximum atomic E-state index is 14.2. The van der Waals surface area contributed by atoms with Gasteiger partial charge in [0.2, 0.25) is 0 Å². The van der Waals surface area contributed by atoms with Crippen LogP contribution >= 0.6 is 0 Å². The Labute approximate surface area is 234 Å². The molecule has 3 aromatic heterocycles. The van der Waals surface area contributed by atoms with Gasteiger partial charge in [0.15, 0.2) is 17.2 Å². The first kappa shape index (κ1) is 25.5. The quantitative estimate of drug-likeness (QED) is 0.333. The number of amides is 1. The van der Waals surface area contributed by atoms with Crippen LogP contribution in [0.4, 0.5) is 5.82 Å². The molecule has 0 bridgehead atoms. The number of nitrogens with zero attached hydrogens (tertiary/aromatic N) is 4. The zero-order chi connectivity index (χ0) is 28.5. The lowest BCUT2D eigenvalue weighted by Crippen LogP contribution is -2.32. The van der Waals surface area contributed by atoms with E-state index in [0.29, 0.717) is 45.4 Å². The van der Waals surface area contributed by atoms with Crippen molar-refractivity contribution in [3.05, 3.63) is 124 Å². The number of fused-ring (bicyclic) bond motifs is 2. The monoisotopic (exact) mass is 540 g/mol. The van der Waals surface area contributed by atoms with Gasteiger partial charge in [0.25, 0.3) is 11.5 Å². The van der Waals surface area contributed by atoms with Crippen LogP contribution in [0.3, 0.4) is 0 Å². The lowest BCUT2D eigenvalue weighted by molar-refractivity contribution is -0.113. The number of aromatic nitrogens is 4. The number of carbonyl (C=O) groups is 2. The number of nitrogens with two attached hydrogens (primary N) is 1. The fourth-order valence-corrected chi connectivity index (χ4v) is 4.91. The number of benzene rings is 2. The summed E-state index contributed by atoms with van der Waals surface area (Å²) in [4.78, 5) is 43.6. The Morgan fingerprint density at radius 1 is 1.07 bits per heavy atom. The van der Waals surface area contributed by atoms with Crippen molar-refractivity contribution in [1.82, 2.24) is 24.5 Å². The molecule has 1 amide bonds. The van der Waals surface area contributed by atoms with Crippen LogP contribution in [-0.2, 0) is 4.79 Å². The van der Waals surface area contributed by atoms with Crippen LogP contribution in [0.2, 0.25) is 0 Å². The topological polar surface area (TPSA) is 124 Å². The van der Waals surface area contributed by atoms with E-state index in [0.717, 1.165) is 0 Å². The van der Waals surface area contributed by atoms with Crippen LogP contribution in [0.15, 0.2) is 102 Å². The molecule has 0 radical (unpaired) electrons. The number of ketones is 1. The van der Waals surface area contributed by atoms with Gasteiger partial charge in [-0.1, -0.05) is 48.2 Å². The number of pyridine rings is 1. The van der Waals surface area contributed by atoms with E-state index in [9.17, 15) is 14.4 Å². The average molecular weight is 541 g/mol. The first-order valence-electron chi connectivity index (χ1n) is 13.0. The van der Waals surface area contributed by atoms with Crippen LogP contribution in [-0.4, -0.2) is 30.9 Å². The molecule has 41 heavy (non-hydrogen) atoms. The molecular weight excluding hydrogens is 516 g/mol. The maximum absolute atomic E-state index is 14.2. The SMILES string of the molecule is C[C@H](NC(=O)c1c(N)nn2cccnc12)c1cc2cccc(C#CC3=CC(=O)CC=C3)c2c(=O)n1-c1ccccc1. The van der Waals surface area contributed by atoms with Gasteiger partial charge in [-0.25, -0.2) is 9.50 Å². The van der Waals surface area contributed by atoms with Gasteiger partial charge in [-0.3, -0.25) is 19.0 Å². The van der Waals surface area contributed by atoms with Crippen molar-refractivity contribution in [2.45, 2.75) is 19.4 Å². The fourth-order valence-electron chi connectivity index (χ4n) is 4.91. The van der Waals surface area contributed by atoms with Crippen molar-refractivity contribution in [3.8, 4) is 17.5 Å². The number of nitrogens with one attached hydrogen (secondary N) is 1. The predicted molar refractivity (Wildman–Crippen MR) is 157 cm³/mol. The summed E-state index contributed by atoms with van der Waals surface area (Å²) in [5, 5.41) is 8.26. The summed E-state index contributed by atoms with van der Waals surface area (Å²) in [7, 11) is 0. The molecule has 1 aliphatic rings. The number of para-hydroxylation sites is 1. The van der Waals surface area contributed by atoms with Crippen LogP contribution in [0.5, 0.6) is 0 Å². The third-order valence-electron chi connectivity index (χ3n) is 6.80. The number of hydrogen-bond acceptors (Lipinski definition) is 6. The second kappa shape index (κ2) is 10.4. The van der Waals surface area contributed by atoms with Crippen molar-refractivity contribution in [1.29, 1.82) is 0 Å². The first-order chi connectivity index (χ1) is 19.9. The van der Waals surface area contributed by atoms with Gasteiger partial charge in [0, 0.05) is 41.3 Å². The van der Waals surface area contributed by atoms with Crippen molar-refractivity contribution in [2.75, 3.05) is 5.73 Å². The predicted octanol–water partition coefficient (Wildman–Crippen LogP) is 3.91. The summed E-state index contributed by atoms with van der Waals surface area (Å²) in [6.45, 7) is 1.80. The van der Waals surface area contributed by atoms with Gasteiger partial charge >= 0.3 is 0 Å². The van der Waals surface area contributed by atoms with Gasteiger partial charge in [-0.05, 0) is 54.8 Å². The Bertz CT molecular complexity index is 2040. The lowest BCUT2D eigenvalue weighted by Gasteiger charge is -2.21. The minimum absolute atomic E-state index is 0.0107. The standard InChI is InChI=1S/C32H24N6O3/c1-20(35-31(40)28-29(33)36-37-17-7-16-34-30(28)37)26-19-23-10-6-9-22(15-14-21-8-5-13-25(39)18-21)27(23)32(41)38(26)24-11-3-2-4-12-24/h2-12,16-20H,13H2,1H3,(H2,33,36)(H,35,40)/t20-/m0/s1. The summed E-state index contributed by atoms with van der Waals surface area (Å²) in [5.74, 6) is 5.69. The van der Waals surface area contributed by atoms with Crippen molar-refractivity contribution in [3.63, 3.8) is 0 Å². The molecular formula is C32H24N6O3. The highest BCUT2D eigenvalue weighted by molar-refractivity contribution is 6.04. The zero-order valence-electron chi connectivity index (χ0n) is 22.0. The second-order valence-corrected chi connectivity index (χ2v) is 9.58. The number of anilines is 1. The summed E-state index contributed by atoms with van der Waals surface area (Å²) >= 11 is 0. The van der Waals surface area contributed by atoms with E-state index in [4.69, 9.17) is 5.73 Å². The molecule has 3 heterocycles. The van der Waals surface area contributed by atoms with Crippen molar-refractivity contribution in [2.24, 2.45) is 0 Å². The van der Waals surface area contributed by atoms with Crippen molar-refractivity contribution < 1.29 is 9.59 Å². The van der Waals surface area contributed by atoms with Gasteiger partial charge < -0.3 is 11.1 Å². The molecule has 0 saturated heterocycles. The Morgan fingerprint density at radius 2 is 1.90 bits per heavy atom. The molecule has 0 unspecified atom stereocenters. The molecule has 0 aliphatic heterocycles. The second-order valence-electron chi connectivity index (χ2n) is 9.58. The smallest absolute Gasteiger partial charge is 0.264 e. The molecule has 2 aromatic carbocycles. The minimum atomic E-state index is -0.601. The average Bonchev–Trinajstić information content (AvgIpc) is 3.32. The molecule has 3 N–H and O–H groups in total. The third-order valence-corrected chi connectivity index (χ3v) is 6.80. The first-order valence-corrected chi connectivity index (χ1v) is 13.0. The molecule has 9 nitrogen and oxygen atoms in total. The summed E-state index contributed by atoms with van der Waals surface area (Å²) in [6, 6.07) is 17.6. The van der Waals surface area contributed by atoms with Gasteiger partial charge in [0.1, 0.15) is 5.56 Å². The number of allylic oxidation sites excluding steroid dienone is 4. The van der Waals surface area contributed by atoms with E-state index in [1.54, 1.807) is 48.2 Å². The number of hydrogen-bond donors (Lipinski definition) is 2. The summed E-state index contributed by atoms with van der Waals surface area (Å²) in [5.41, 5.74) is 8.62.